The second kappa shape index (κ2) is 3.31. The summed E-state index contributed by atoms with van der Waals surface area (Å²) in [5.41, 5.74) is 1.09. The van der Waals surface area contributed by atoms with Gasteiger partial charge in [-0.25, -0.2) is 4.98 Å². The van der Waals surface area contributed by atoms with E-state index in [1.165, 1.54) is 9.71 Å². The Bertz CT molecular complexity index is 431. The number of rotatable bonds is 1. The molecule has 0 aliphatic carbocycles. The SMILES string of the molecule is CC(C)c1nc2ccc(S)cc2s1. The Morgan fingerprint density at radius 3 is 2.85 bits per heavy atom. The predicted octanol–water partition coefficient (Wildman–Crippen LogP) is 3.71. The zero-order valence-electron chi connectivity index (χ0n) is 7.61. The molecule has 0 amide bonds. The zero-order chi connectivity index (χ0) is 9.42. The fourth-order valence-corrected chi connectivity index (χ4v) is 2.48. The van der Waals surface area contributed by atoms with Crippen molar-refractivity contribution in [2.24, 2.45) is 0 Å². The number of hydrogen-bond acceptors (Lipinski definition) is 3. The van der Waals surface area contributed by atoms with Crippen molar-refractivity contribution in [1.29, 1.82) is 0 Å². The predicted molar refractivity (Wildman–Crippen MR) is 61.0 cm³/mol. The first kappa shape index (κ1) is 9.03. The van der Waals surface area contributed by atoms with E-state index >= 15 is 0 Å². The molecule has 0 aliphatic heterocycles. The summed E-state index contributed by atoms with van der Waals surface area (Å²) in [7, 11) is 0. The van der Waals surface area contributed by atoms with Gasteiger partial charge in [-0.05, 0) is 18.2 Å². The van der Waals surface area contributed by atoms with Crippen LogP contribution >= 0.6 is 24.0 Å². The lowest BCUT2D eigenvalue weighted by molar-refractivity contribution is 0.857. The first-order chi connectivity index (χ1) is 6.16. The number of fused-ring (bicyclic) bond motifs is 1. The molecule has 3 heteroatoms. The Morgan fingerprint density at radius 1 is 1.38 bits per heavy atom. The highest BCUT2D eigenvalue weighted by molar-refractivity contribution is 7.80. The summed E-state index contributed by atoms with van der Waals surface area (Å²) in [4.78, 5) is 5.54. The minimum absolute atomic E-state index is 0.515. The third-order valence-electron chi connectivity index (χ3n) is 1.88. The van der Waals surface area contributed by atoms with Crippen molar-refractivity contribution in [3.8, 4) is 0 Å². The van der Waals surface area contributed by atoms with Crippen molar-refractivity contribution in [1.82, 2.24) is 4.98 Å². The average molecular weight is 209 g/mol. The van der Waals surface area contributed by atoms with Gasteiger partial charge in [0.1, 0.15) is 0 Å². The van der Waals surface area contributed by atoms with Crippen LogP contribution in [-0.2, 0) is 0 Å². The van der Waals surface area contributed by atoms with E-state index in [9.17, 15) is 0 Å². The normalized spacial score (nSPS) is 11.4. The third kappa shape index (κ3) is 1.71. The molecule has 1 nitrogen and oxygen atoms in total. The van der Waals surface area contributed by atoms with Gasteiger partial charge in [-0.1, -0.05) is 13.8 Å². The van der Waals surface area contributed by atoms with Crippen molar-refractivity contribution in [3.05, 3.63) is 23.2 Å². The van der Waals surface area contributed by atoms with Crippen molar-refractivity contribution in [3.63, 3.8) is 0 Å². The summed E-state index contributed by atoms with van der Waals surface area (Å²) in [6.07, 6.45) is 0. The number of benzene rings is 1. The van der Waals surface area contributed by atoms with Gasteiger partial charge in [-0.2, -0.15) is 0 Å². The second-order valence-electron chi connectivity index (χ2n) is 3.36. The molecule has 1 aromatic heterocycles. The van der Waals surface area contributed by atoms with E-state index in [0.717, 1.165) is 10.4 Å². The Labute approximate surface area is 87.2 Å². The molecule has 2 aromatic rings. The van der Waals surface area contributed by atoms with Gasteiger partial charge in [0.15, 0.2) is 0 Å². The van der Waals surface area contributed by atoms with Crippen LogP contribution in [0, 0.1) is 0 Å². The number of nitrogens with zero attached hydrogens (tertiary/aromatic N) is 1. The van der Waals surface area contributed by atoms with Crippen LogP contribution in [0.25, 0.3) is 10.2 Å². The zero-order valence-corrected chi connectivity index (χ0v) is 9.32. The highest BCUT2D eigenvalue weighted by Gasteiger charge is 2.06. The van der Waals surface area contributed by atoms with E-state index < -0.39 is 0 Å². The van der Waals surface area contributed by atoms with Crippen molar-refractivity contribution in [2.45, 2.75) is 24.7 Å². The minimum atomic E-state index is 0.515. The number of thiazole rings is 1. The fourth-order valence-electron chi connectivity index (χ4n) is 1.18. The van der Waals surface area contributed by atoms with Gasteiger partial charge in [0, 0.05) is 10.8 Å². The molecule has 1 heterocycles. The van der Waals surface area contributed by atoms with E-state index in [2.05, 4.69) is 37.5 Å². The van der Waals surface area contributed by atoms with Crippen LogP contribution in [0.4, 0.5) is 0 Å². The molecule has 0 unspecified atom stereocenters. The summed E-state index contributed by atoms with van der Waals surface area (Å²) in [6.45, 7) is 4.33. The minimum Gasteiger partial charge on any atom is -0.241 e. The summed E-state index contributed by atoms with van der Waals surface area (Å²) in [5.74, 6) is 0.515. The Morgan fingerprint density at radius 2 is 2.15 bits per heavy atom. The maximum atomic E-state index is 4.54. The van der Waals surface area contributed by atoms with Gasteiger partial charge < -0.3 is 0 Å². The molecule has 0 N–H and O–H groups in total. The molecule has 2 rings (SSSR count). The van der Waals surface area contributed by atoms with Gasteiger partial charge in [0.2, 0.25) is 0 Å². The summed E-state index contributed by atoms with van der Waals surface area (Å²) >= 11 is 6.06. The molecule has 0 spiro atoms. The Kier molecular flexibility index (Phi) is 2.30. The first-order valence-electron chi connectivity index (χ1n) is 4.26. The molecule has 0 aliphatic rings. The molecule has 68 valence electrons. The topological polar surface area (TPSA) is 12.9 Å². The Hall–Kier alpha value is -0.540. The highest BCUT2D eigenvalue weighted by atomic mass is 32.1. The lowest BCUT2D eigenvalue weighted by Gasteiger charge is -1.94. The average Bonchev–Trinajstić information content (AvgIpc) is 2.46. The van der Waals surface area contributed by atoms with Crippen LogP contribution < -0.4 is 0 Å². The third-order valence-corrected chi connectivity index (χ3v) is 3.48. The monoisotopic (exact) mass is 209 g/mol. The van der Waals surface area contributed by atoms with Crippen molar-refractivity contribution < 1.29 is 0 Å². The quantitative estimate of drug-likeness (QED) is 0.706. The molecule has 13 heavy (non-hydrogen) atoms. The largest absolute Gasteiger partial charge is 0.241 e. The molecule has 0 saturated heterocycles. The second-order valence-corrected chi connectivity index (χ2v) is 4.94. The van der Waals surface area contributed by atoms with Crippen molar-refractivity contribution in [2.75, 3.05) is 0 Å². The van der Waals surface area contributed by atoms with Crippen molar-refractivity contribution >= 4 is 34.2 Å². The van der Waals surface area contributed by atoms with Gasteiger partial charge in [0.25, 0.3) is 0 Å². The van der Waals surface area contributed by atoms with E-state index in [0.29, 0.717) is 5.92 Å². The van der Waals surface area contributed by atoms with E-state index in [-0.39, 0.29) is 0 Å². The lowest BCUT2D eigenvalue weighted by Crippen LogP contribution is -1.82. The van der Waals surface area contributed by atoms with Gasteiger partial charge in [-0.3, -0.25) is 0 Å². The summed E-state index contributed by atoms with van der Waals surface area (Å²) in [5, 5.41) is 1.20. The van der Waals surface area contributed by atoms with Crippen LogP contribution in [0.3, 0.4) is 0 Å². The van der Waals surface area contributed by atoms with E-state index in [4.69, 9.17) is 0 Å². The molecule has 0 saturated carbocycles. The molecule has 1 aromatic carbocycles. The van der Waals surface area contributed by atoms with Crippen LogP contribution in [0.15, 0.2) is 23.1 Å². The number of thiol groups is 1. The molecule has 0 bridgehead atoms. The number of hydrogen-bond donors (Lipinski definition) is 1. The Balaban J connectivity index is 2.62. The molecule has 0 atom stereocenters. The fraction of sp³-hybridized carbons (Fsp3) is 0.300. The van der Waals surface area contributed by atoms with Crippen LogP contribution in [0.1, 0.15) is 24.8 Å². The smallest absolute Gasteiger partial charge is 0.0963 e. The number of aromatic nitrogens is 1. The van der Waals surface area contributed by atoms with Crippen LogP contribution in [0.5, 0.6) is 0 Å². The summed E-state index contributed by atoms with van der Waals surface area (Å²) < 4.78 is 1.23. The first-order valence-corrected chi connectivity index (χ1v) is 5.52. The molecule has 0 fully saturated rings. The highest BCUT2D eigenvalue weighted by Crippen LogP contribution is 2.28. The van der Waals surface area contributed by atoms with Gasteiger partial charge in [-0.15, -0.1) is 24.0 Å². The standard InChI is InChI=1S/C10H11NS2/c1-6(2)10-11-8-4-3-7(12)5-9(8)13-10/h3-6,12H,1-2H3. The molecule has 0 radical (unpaired) electrons. The van der Waals surface area contributed by atoms with Gasteiger partial charge in [0.05, 0.1) is 15.2 Å². The van der Waals surface area contributed by atoms with E-state index in [1.807, 2.05) is 12.1 Å². The maximum Gasteiger partial charge on any atom is 0.0963 e. The van der Waals surface area contributed by atoms with Crippen LogP contribution in [0.2, 0.25) is 0 Å². The lowest BCUT2D eigenvalue weighted by atomic mass is 10.2. The van der Waals surface area contributed by atoms with Crippen LogP contribution in [-0.4, -0.2) is 4.98 Å². The molecular formula is C10H11NS2. The summed E-state index contributed by atoms with van der Waals surface area (Å²) in [6, 6.07) is 6.08. The molecular weight excluding hydrogens is 198 g/mol. The maximum absolute atomic E-state index is 4.54. The van der Waals surface area contributed by atoms with Gasteiger partial charge >= 0.3 is 0 Å². The van der Waals surface area contributed by atoms with E-state index in [1.54, 1.807) is 11.3 Å².